The molecule has 0 heterocycles. The van der Waals surface area contributed by atoms with Gasteiger partial charge in [-0.1, -0.05) is 0 Å². The molecule has 0 aliphatic heterocycles. The molecule has 0 aliphatic rings. The summed E-state index contributed by atoms with van der Waals surface area (Å²) < 4.78 is 0. The summed E-state index contributed by atoms with van der Waals surface area (Å²) >= 11 is 3.82. The minimum Gasteiger partial charge on any atom is -0.504 e. The fraction of sp³-hybridized carbons (Fsp3) is 0. The molecule has 26 valence electrons. The Morgan fingerprint density at radius 2 is 1.75 bits per heavy atom. The van der Waals surface area contributed by atoms with E-state index < -0.39 is 0 Å². The van der Waals surface area contributed by atoms with Crippen molar-refractivity contribution in [3.8, 4) is 0 Å². The smallest absolute Gasteiger partial charge is 0.142 e. The van der Waals surface area contributed by atoms with Gasteiger partial charge in [-0.25, -0.2) is 0 Å². The van der Waals surface area contributed by atoms with E-state index in [-0.39, 0.29) is 11.0 Å². The number of thiocarbonyl (C=S) groups is 1. The fourth-order valence-corrected chi connectivity index (χ4v) is 0. The van der Waals surface area contributed by atoms with Gasteiger partial charge in [0.2, 0.25) is 0 Å². The molecule has 0 aromatic heterocycles. The third kappa shape index (κ3) is 226. The van der Waals surface area contributed by atoms with Crippen LogP contribution in [0.3, 0.4) is 0 Å². The van der Waals surface area contributed by atoms with E-state index in [9.17, 15) is 0 Å². The molecular formula is CH6OSSi. The highest BCUT2D eigenvalue weighted by Crippen LogP contribution is 1.23. The summed E-state index contributed by atoms with van der Waals surface area (Å²) in [6.07, 6.45) is 0. The van der Waals surface area contributed by atoms with Crippen molar-refractivity contribution in [1.29, 1.82) is 0 Å². The topological polar surface area (TPSA) is 20.2 Å². The second-order valence-corrected chi connectivity index (χ2v) is 0.316. The molecule has 1 N–H and O–H groups in total. The molecule has 0 atom stereocenters. The van der Waals surface area contributed by atoms with Crippen molar-refractivity contribution in [2.45, 2.75) is 0 Å². The molecule has 0 unspecified atom stereocenters. The first-order valence-corrected chi connectivity index (χ1v) is 0.965. The SMILES string of the molecule is OC=S.[SiH4]. The molecule has 0 aromatic carbocycles. The van der Waals surface area contributed by atoms with Crippen LogP contribution in [-0.2, 0) is 0 Å². The molecule has 0 aliphatic carbocycles. The van der Waals surface area contributed by atoms with Gasteiger partial charge in [0.05, 0.1) is 0 Å². The number of rotatable bonds is 0. The maximum atomic E-state index is 7.26. The van der Waals surface area contributed by atoms with Crippen LogP contribution in [0.25, 0.3) is 0 Å². The molecule has 0 spiro atoms. The molecule has 0 aromatic rings. The number of aliphatic hydroxyl groups is 1. The Morgan fingerprint density at radius 3 is 1.75 bits per heavy atom. The molecule has 1 nitrogen and oxygen atoms in total. The molecule has 0 saturated heterocycles. The lowest BCUT2D eigenvalue weighted by Gasteiger charge is -1.38. The van der Waals surface area contributed by atoms with Gasteiger partial charge in [-0.3, -0.25) is 0 Å². The van der Waals surface area contributed by atoms with E-state index in [2.05, 4.69) is 12.2 Å². The standard InChI is InChI=1S/CH2OS.H4Si/c2-1-3;/h1H,(H,2,3);1H4. The Labute approximate surface area is 34.7 Å². The van der Waals surface area contributed by atoms with Crippen LogP contribution < -0.4 is 0 Å². The highest BCUT2D eigenvalue weighted by atomic mass is 32.1. The van der Waals surface area contributed by atoms with Crippen molar-refractivity contribution < 1.29 is 5.11 Å². The summed E-state index contributed by atoms with van der Waals surface area (Å²) in [7, 11) is 0. The summed E-state index contributed by atoms with van der Waals surface area (Å²) in [5.74, 6) is 0. The number of aliphatic hydroxyl groups excluding tert-OH is 1. The van der Waals surface area contributed by atoms with E-state index in [0.29, 0.717) is 5.55 Å². The van der Waals surface area contributed by atoms with E-state index in [1.165, 1.54) is 0 Å². The summed E-state index contributed by atoms with van der Waals surface area (Å²) in [6.45, 7) is 0. The molecule has 0 bridgehead atoms. The summed E-state index contributed by atoms with van der Waals surface area (Å²) in [5.41, 5.74) is 0.583. The molecule has 3 heteroatoms. The van der Waals surface area contributed by atoms with Gasteiger partial charge in [0.15, 0.2) is 0 Å². The van der Waals surface area contributed by atoms with Gasteiger partial charge >= 0.3 is 0 Å². The summed E-state index contributed by atoms with van der Waals surface area (Å²) in [4.78, 5) is 0. The fourth-order valence-electron chi connectivity index (χ4n) is 0. The van der Waals surface area contributed by atoms with Gasteiger partial charge in [-0.15, -0.1) is 0 Å². The van der Waals surface area contributed by atoms with Crippen LogP contribution in [0.5, 0.6) is 0 Å². The quantitative estimate of drug-likeness (QED) is 0.308. The van der Waals surface area contributed by atoms with Gasteiger partial charge in [-0.2, -0.15) is 0 Å². The second-order valence-electron chi connectivity index (χ2n) is 0.105. The van der Waals surface area contributed by atoms with Gasteiger partial charge in [-0.05, 0) is 23.2 Å². The maximum Gasteiger partial charge on any atom is 0.142 e. The third-order valence-electron chi connectivity index (χ3n) is 0. The Hall–Kier alpha value is 0.107. The normalized spacial score (nSPS) is 3.00. The molecule has 0 rings (SSSR count). The predicted octanol–water partition coefficient (Wildman–Crippen LogP) is -0.950. The van der Waals surface area contributed by atoms with Crippen LogP contribution in [0.1, 0.15) is 0 Å². The van der Waals surface area contributed by atoms with Gasteiger partial charge in [0.1, 0.15) is 5.55 Å². The zero-order valence-electron chi connectivity index (χ0n) is 1.43. The van der Waals surface area contributed by atoms with Gasteiger partial charge < -0.3 is 5.11 Å². The van der Waals surface area contributed by atoms with Crippen LogP contribution in [0.2, 0.25) is 0 Å². The Balaban J connectivity index is 0. The average molecular weight is 94.2 g/mol. The monoisotopic (exact) mass is 94.0 g/mol. The van der Waals surface area contributed by atoms with E-state index in [4.69, 9.17) is 5.11 Å². The minimum atomic E-state index is 0. The lowest BCUT2D eigenvalue weighted by atomic mass is 11.8. The molecule has 0 saturated carbocycles. The van der Waals surface area contributed by atoms with Crippen molar-refractivity contribution in [1.82, 2.24) is 0 Å². The van der Waals surface area contributed by atoms with E-state index in [0.717, 1.165) is 0 Å². The third-order valence-corrected chi connectivity index (χ3v) is 0. The van der Waals surface area contributed by atoms with Crippen molar-refractivity contribution in [2.24, 2.45) is 0 Å². The maximum absolute atomic E-state index is 7.26. The van der Waals surface area contributed by atoms with E-state index in [1.54, 1.807) is 0 Å². The first-order chi connectivity index (χ1) is 1.41. The molecular weight excluding hydrogens is 88.2 g/mol. The van der Waals surface area contributed by atoms with Crippen LogP contribution >= 0.6 is 12.2 Å². The van der Waals surface area contributed by atoms with Crippen molar-refractivity contribution in [3.63, 3.8) is 0 Å². The largest absolute Gasteiger partial charge is 0.504 e. The zero-order chi connectivity index (χ0) is 2.71. The second kappa shape index (κ2) is 11.3. The van der Waals surface area contributed by atoms with Gasteiger partial charge in [0, 0.05) is 0 Å². The lowest BCUT2D eigenvalue weighted by molar-refractivity contribution is 0.594. The number of hydrogen-bond donors (Lipinski definition) is 1. The Bertz CT molecular complexity index is 15.5. The summed E-state index contributed by atoms with van der Waals surface area (Å²) in [6, 6.07) is 0. The van der Waals surface area contributed by atoms with Crippen LogP contribution in [0.4, 0.5) is 0 Å². The van der Waals surface area contributed by atoms with Crippen LogP contribution in [0, 0.1) is 0 Å². The molecule has 0 radical (unpaired) electrons. The van der Waals surface area contributed by atoms with Crippen molar-refractivity contribution >= 4 is 28.7 Å². The highest BCUT2D eigenvalue weighted by molar-refractivity contribution is 7.78. The van der Waals surface area contributed by atoms with Crippen LogP contribution in [0.15, 0.2) is 0 Å². The molecule has 0 amide bonds. The lowest BCUT2D eigenvalue weighted by Crippen LogP contribution is -1.41. The van der Waals surface area contributed by atoms with Crippen molar-refractivity contribution in [2.75, 3.05) is 0 Å². The van der Waals surface area contributed by atoms with Crippen LogP contribution in [-0.4, -0.2) is 21.6 Å². The Kier molecular flexibility index (Phi) is 25.1. The zero-order valence-corrected chi connectivity index (χ0v) is 2.25. The average Bonchev–Trinajstić information content (AvgIpc) is 0.918. The minimum absolute atomic E-state index is 0. The molecule has 4 heavy (non-hydrogen) atoms. The highest BCUT2D eigenvalue weighted by Gasteiger charge is 1.16. The first-order valence-electron chi connectivity index (χ1n) is 0.494. The van der Waals surface area contributed by atoms with E-state index >= 15 is 0 Å². The first kappa shape index (κ1) is 8.93. The predicted molar refractivity (Wildman–Crippen MR) is 27.6 cm³/mol. The van der Waals surface area contributed by atoms with Gasteiger partial charge in [0.25, 0.3) is 0 Å². The Morgan fingerprint density at radius 1 is 1.75 bits per heavy atom. The summed E-state index contributed by atoms with van der Waals surface area (Å²) in [5, 5.41) is 7.26. The van der Waals surface area contributed by atoms with Crippen molar-refractivity contribution in [3.05, 3.63) is 0 Å². The number of hydrogen-bond acceptors (Lipinski definition) is 1. The molecule has 0 fully saturated rings. The van der Waals surface area contributed by atoms with E-state index in [1.807, 2.05) is 0 Å².